The Bertz CT molecular complexity index is 1570. The molecule has 5 aromatic rings. The van der Waals surface area contributed by atoms with Gasteiger partial charge < -0.3 is 0 Å². The molecule has 0 aliphatic heterocycles. The van der Waals surface area contributed by atoms with Crippen molar-refractivity contribution in [3.05, 3.63) is 107 Å². The summed E-state index contributed by atoms with van der Waals surface area (Å²) >= 11 is 0. The predicted molar refractivity (Wildman–Crippen MR) is 162 cm³/mol. The number of hydrogen-bond donors (Lipinski definition) is 0. The molecular formula is C36H41N2+. The zero-order chi connectivity index (χ0) is 27.1. The predicted octanol–water partition coefficient (Wildman–Crippen LogP) is 9.47. The minimum Gasteiger partial charge on any atom is -0.225 e. The van der Waals surface area contributed by atoms with E-state index in [1.54, 1.807) is 0 Å². The lowest BCUT2D eigenvalue weighted by atomic mass is 9.92. The van der Waals surface area contributed by atoms with Crippen molar-refractivity contribution in [3.8, 4) is 28.2 Å². The molecule has 0 N–H and O–H groups in total. The first kappa shape index (κ1) is 26.0. The van der Waals surface area contributed by atoms with Gasteiger partial charge in [0.15, 0.2) is 11.0 Å². The van der Waals surface area contributed by atoms with Gasteiger partial charge >= 0.3 is 0 Å². The lowest BCUT2D eigenvalue weighted by Gasteiger charge is -2.19. The van der Waals surface area contributed by atoms with Gasteiger partial charge in [0, 0.05) is 11.1 Å². The van der Waals surface area contributed by atoms with Crippen LogP contribution in [0.15, 0.2) is 84.9 Å². The Morgan fingerprint density at radius 1 is 0.632 bits per heavy atom. The van der Waals surface area contributed by atoms with E-state index in [1.165, 1.54) is 61.5 Å². The van der Waals surface area contributed by atoms with Crippen LogP contribution in [0.1, 0.15) is 81.5 Å². The maximum absolute atomic E-state index is 2.57. The number of aromatic nitrogens is 2. The van der Waals surface area contributed by atoms with Gasteiger partial charge in [-0.3, -0.25) is 0 Å². The zero-order valence-corrected chi connectivity index (χ0v) is 24.2. The topological polar surface area (TPSA) is 8.81 Å². The molecule has 0 saturated carbocycles. The number of para-hydroxylation sites is 1. The first-order valence-corrected chi connectivity index (χ1v) is 14.0. The number of nitrogens with zero attached hydrogens (tertiary/aromatic N) is 2. The summed E-state index contributed by atoms with van der Waals surface area (Å²) in [6, 6.07) is 31.5. The summed E-state index contributed by atoms with van der Waals surface area (Å²) in [7, 11) is 2.23. The Balaban J connectivity index is 1.94. The van der Waals surface area contributed by atoms with Crippen molar-refractivity contribution >= 4 is 11.0 Å². The number of rotatable bonds is 6. The lowest BCUT2D eigenvalue weighted by molar-refractivity contribution is -0.633. The number of hydrogen-bond acceptors (Lipinski definition) is 0. The second-order valence-electron chi connectivity index (χ2n) is 11.6. The summed E-state index contributed by atoms with van der Waals surface area (Å²) in [5.74, 6) is 2.50. The number of aryl methyl sites for hydroxylation is 2. The average Bonchev–Trinajstić information content (AvgIpc) is 3.20. The third-order valence-electron chi connectivity index (χ3n) is 7.95. The number of imidazole rings is 1. The molecule has 194 valence electrons. The summed E-state index contributed by atoms with van der Waals surface area (Å²) in [4.78, 5) is 0. The van der Waals surface area contributed by atoms with Gasteiger partial charge in [-0.05, 0) is 65.1 Å². The Labute approximate surface area is 228 Å². The van der Waals surface area contributed by atoms with E-state index in [0.717, 1.165) is 0 Å². The van der Waals surface area contributed by atoms with E-state index < -0.39 is 0 Å². The first-order valence-electron chi connectivity index (χ1n) is 14.0. The van der Waals surface area contributed by atoms with Crippen LogP contribution in [0.4, 0.5) is 0 Å². The normalized spacial score (nSPS) is 11.9. The molecule has 2 nitrogen and oxygen atoms in total. The molecule has 0 saturated heterocycles. The molecule has 1 heterocycles. The molecule has 0 aliphatic rings. The second kappa shape index (κ2) is 10.3. The second-order valence-corrected chi connectivity index (χ2v) is 11.6. The van der Waals surface area contributed by atoms with Crippen molar-refractivity contribution in [1.82, 2.24) is 4.57 Å². The highest BCUT2D eigenvalue weighted by Gasteiger charge is 2.31. The van der Waals surface area contributed by atoms with Crippen LogP contribution in [0.3, 0.4) is 0 Å². The van der Waals surface area contributed by atoms with Gasteiger partial charge in [0.25, 0.3) is 5.82 Å². The standard InChI is InChI=1S/C36H41N2/c1-23(2)28-19-20-33-34(22-28)38(35-30(24(3)4)15-12-16-31(35)25(5)6)36(37(33)8)32-21-29(18-17-26(32)7)27-13-10-9-11-14-27/h9-25H,1-8H3/q+1. The van der Waals surface area contributed by atoms with E-state index in [-0.39, 0.29) is 0 Å². The lowest BCUT2D eigenvalue weighted by Crippen LogP contribution is -2.30. The highest BCUT2D eigenvalue weighted by atomic mass is 15.2. The molecule has 2 heteroatoms. The van der Waals surface area contributed by atoms with E-state index in [2.05, 4.69) is 150 Å². The molecular weight excluding hydrogens is 460 g/mol. The van der Waals surface area contributed by atoms with Crippen molar-refractivity contribution in [2.24, 2.45) is 7.05 Å². The fourth-order valence-corrected chi connectivity index (χ4v) is 5.71. The van der Waals surface area contributed by atoms with E-state index in [4.69, 9.17) is 0 Å². The summed E-state index contributed by atoms with van der Waals surface area (Å²) in [5, 5.41) is 0. The third kappa shape index (κ3) is 4.47. The van der Waals surface area contributed by atoms with Gasteiger partial charge in [0.1, 0.15) is 5.69 Å². The van der Waals surface area contributed by atoms with Crippen molar-refractivity contribution in [1.29, 1.82) is 0 Å². The monoisotopic (exact) mass is 501 g/mol. The smallest absolute Gasteiger partial charge is 0.225 e. The summed E-state index contributed by atoms with van der Waals surface area (Å²) < 4.78 is 4.97. The Morgan fingerprint density at radius 3 is 1.89 bits per heavy atom. The largest absolute Gasteiger partial charge is 0.295 e. The van der Waals surface area contributed by atoms with Gasteiger partial charge in [-0.15, -0.1) is 0 Å². The van der Waals surface area contributed by atoms with Crippen LogP contribution in [0.2, 0.25) is 0 Å². The van der Waals surface area contributed by atoms with Crippen molar-refractivity contribution in [2.75, 3.05) is 0 Å². The maximum atomic E-state index is 2.57. The fraction of sp³-hybridized carbons (Fsp3) is 0.306. The summed E-state index contributed by atoms with van der Waals surface area (Å²) in [6.45, 7) is 16.1. The van der Waals surface area contributed by atoms with E-state index in [1.807, 2.05) is 0 Å². The molecule has 4 aromatic carbocycles. The van der Waals surface area contributed by atoms with Gasteiger partial charge in [0.2, 0.25) is 0 Å². The van der Waals surface area contributed by atoms with Gasteiger partial charge in [-0.25, -0.2) is 4.57 Å². The number of benzene rings is 4. The fourth-order valence-electron chi connectivity index (χ4n) is 5.71. The van der Waals surface area contributed by atoms with Crippen LogP contribution >= 0.6 is 0 Å². The Morgan fingerprint density at radius 2 is 1.29 bits per heavy atom. The highest BCUT2D eigenvalue weighted by Crippen LogP contribution is 2.38. The highest BCUT2D eigenvalue weighted by molar-refractivity contribution is 5.83. The quantitative estimate of drug-likeness (QED) is 0.205. The van der Waals surface area contributed by atoms with Crippen molar-refractivity contribution in [3.63, 3.8) is 0 Å². The van der Waals surface area contributed by atoms with Crippen LogP contribution in [-0.2, 0) is 7.05 Å². The molecule has 0 bridgehead atoms. The molecule has 0 spiro atoms. The van der Waals surface area contributed by atoms with Gasteiger partial charge in [-0.1, -0.05) is 108 Å². The molecule has 1 aromatic heterocycles. The third-order valence-corrected chi connectivity index (χ3v) is 7.95. The van der Waals surface area contributed by atoms with E-state index >= 15 is 0 Å². The van der Waals surface area contributed by atoms with Crippen LogP contribution in [0.25, 0.3) is 39.2 Å². The zero-order valence-electron chi connectivity index (χ0n) is 24.2. The van der Waals surface area contributed by atoms with E-state index in [0.29, 0.717) is 17.8 Å². The minimum atomic E-state index is 0.407. The van der Waals surface area contributed by atoms with Crippen LogP contribution in [0.5, 0.6) is 0 Å². The molecule has 5 rings (SSSR count). The first-order chi connectivity index (χ1) is 18.2. The SMILES string of the molecule is Cc1ccc(-c2ccccc2)cc1-c1n(-c2c(C(C)C)cccc2C(C)C)c2cc(C(C)C)ccc2[n+]1C. The Kier molecular flexibility index (Phi) is 7.01. The van der Waals surface area contributed by atoms with Crippen LogP contribution in [-0.4, -0.2) is 4.57 Å². The van der Waals surface area contributed by atoms with Crippen molar-refractivity contribution in [2.45, 2.75) is 66.2 Å². The molecule has 0 amide bonds. The minimum absolute atomic E-state index is 0.407. The van der Waals surface area contributed by atoms with E-state index in [9.17, 15) is 0 Å². The molecule has 0 aliphatic carbocycles. The summed E-state index contributed by atoms with van der Waals surface area (Å²) in [6.07, 6.45) is 0. The molecule has 0 radical (unpaired) electrons. The maximum Gasteiger partial charge on any atom is 0.295 e. The van der Waals surface area contributed by atoms with Gasteiger partial charge in [0.05, 0.1) is 12.6 Å². The van der Waals surface area contributed by atoms with Crippen molar-refractivity contribution < 1.29 is 4.57 Å². The summed E-state index contributed by atoms with van der Waals surface area (Å²) in [5.41, 5.74) is 13.0. The van der Waals surface area contributed by atoms with Crippen LogP contribution in [0, 0.1) is 6.92 Å². The average molecular weight is 502 g/mol. The molecule has 38 heavy (non-hydrogen) atoms. The van der Waals surface area contributed by atoms with Gasteiger partial charge in [-0.2, -0.15) is 4.57 Å². The molecule has 0 fully saturated rings. The molecule has 0 atom stereocenters. The number of fused-ring (bicyclic) bond motifs is 1. The van der Waals surface area contributed by atoms with Crippen LogP contribution < -0.4 is 4.57 Å². The molecule has 0 unspecified atom stereocenters. The Hall–Kier alpha value is -3.65.